The molecule has 0 aliphatic heterocycles. The summed E-state index contributed by atoms with van der Waals surface area (Å²) in [6.07, 6.45) is 8.09. The number of aryl methyl sites for hydroxylation is 3. The number of nitrogens with zero attached hydrogens (tertiary/aromatic N) is 4. The van der Waals surface area contributed by atoms with Crippen LogP contribution < -0.4 is 4.72 Å². The van der Waals surface area contributed by atoms with Crippen molar-refractivity contribution >= 4 is 27.3 Å². The summed E-state index contributed by atoms with van der Waals surface area (Å²) in [7, 11) is -4.24. The lowest BCUT2D eigenvalue weighted by atomic mass is 9.80. The lowest BCUT2D eigenvalue weighted by Crippen LogP contribution is -2.45. The van der Waals surface area contributed by atoms with Crippen LogP contribution in [0.4, 0.5) is 5.88 Å². The molecule has 0 saturated carbocycles. The number of anilines is 1. The first kappa shape index (κ1) is 28.6. The van der Waals surface area contributed by atoms with Gasteiger partial charge in [0.1, 0.15) is 16.3 Å². The van der Waals surface area contributed by atoms with Crippen molar-refractivity contribution in [3.63, 3.8) is 0 Å². The van der Waals surface area contributed by atoms with E-state index in [-0.39, 0.29) is 24.5 Å². The minimum absolute atomic E-state index is 0.0408. The van der Waals surface area contributed by atoms with E-state index in [1.54, 1.807) is 19.9 Å². The van der Waals surface area contributed by atoms with Crippen molar-refractivity contribution in [1.82, 2.24) is 14.7 Å². The Labute approximate surface area is 241 Å². The van der Waals surface area contributed by atoms with E-state index in [1.807, 2.05) is 41.0 Å². The average Bonchev–Trinajstić information content (AvgIpc) is 3.38. The molecule has 3 aromatic rings. The zero-order chi connectivity index (χ0) is 29.2. The fourth-order valence-electron chi connectivity index (χ4n) is 5.83. The molecular weight excluding hydrogens is 538 g/mol. The van der Waals surface area contributed by atoms with Gasteiger partial charge in [0.15, 0.2) is 5.78 Å². The van der Waals surface area contributed by atoms with Crippen LogP contribution in [-0.2, 0) is 29.4 Å². The number of aromatic nitrogens is 3. The fraction of sp³-hybridized carbons (Fsp3) is 0.419. The van der Waals surface area contributed by atoms with E-state index in [0.29, 0.717) is 47.5 Å². The standard InChI is InChI=1S/C31H35N5O4S/c1-4-10-28-33-26-13-8-9-14-27(37)29(26)36(28)20-23-15-16-25(24-11-6-5-7-12-24)31(19-23,17-18-32)41(38,39)35-30-21(2)22(3)34-40-30/h5-7,11-12,15-16,35H,4,8-10,13-14,17,19-20H2,1-3H3. The number of fused-ring (bicyclic) bond motifs is 1. The average molecular weight is 574 g/mol. The summed E-state index contributed by atoms with van der Waals surface area (Å²) in [6, 6.07) is 11.4. The van der Waals surface area contributed by atoms with E-state index < -0.39 is 14.8 Å². The number of hydrogen-bond donors (Lipinski definition) is 1. The molecule has 0 bridgehead atoms. The molecule has 2 aliphatic rings. The lowest BCUT2D eigenvalue weighted by Gasteiger charge is -2.37. The number of imidazole rings is 1. The van der Waals surface area contributed by atoms with Crippen molar-refractivity contribution in [3.8, 4) is 6.07 Å². The van der Waals surface area contributed by atoms with E-state index >= 15 is 0 Å². The van der Waals surface area contributed by atoms with Crippen LogP contribution in [0, 0.1) is 25.2 Å². The highest BCUT2D eigenvalue weighted by molar-refractivity contribution is 7.94. The molecule has 1 unspecified atom stereocenters. The van der Waals surface area contributed by atoms with Crippen molar-refractivity contribution < 1.29 is 17.7 Å². The quantitative estimate of drug-likeness (QED) is 0.317. The number of rotatable bonds is 9. The van der Waals surface area contributed by atoms with Gasteiger partial charge < -0.3 is 9.09 Å². The zero-order valence-corrected chi connectivity index (χ0v) is 24.6. The molecule has 5 rings (SSSR count). The smallest absolute Gasteiger partial charge is 0.246 e. The van der Waals surface area contributed by atoms with Crippen LogP contribution in [0.5, 0.6) is 0 Å². The first-order valence-corrected chi connectivity index (χ1v) is 15.6. The lowest BCUT2D eigenvalue weighted by molar-refractivity contribution is 0.0973. The predicted octanol–water partition coefficient (Wildman–Crippen LogP) is 5.86. The summed E-state index contributed by atoms with van der Waals surface area (Å²) in [6.45, 7) is 5.87. The first-order valence-electron chi connectivity index (χ1n) is 14.1. The molecule has 10 heteroatoms. The van der Waals surface area contributed by atoms with Gasteiger partial charge in [-0.1, -0.05) is 54.6 Å². The fourth-order valence-corrected chi connectivity index (χ4v) is 7.57. The number of nitriles is 1. The van der Waals surface area contributed by atoms with Crippen molar-refractivity contribution in [1.29, 1.82) is 5.26 Å². The summed E-state index contributed by atoms with van der Waals surface area (Å²) in [5, 5.41) is 13.9. The van der Waals surface area contributed by atoms with Crippen LogP contribution in [0.2, 0.25) is 0 Å². The van der Waals surface area contributed by atoms with E-state index in [4.69, 9.17) is 9.51 Å². The van der Waals surface area contributed by atoms with Crippen LogP contribution in [0.3, 0.4) is 0 Å². The molecule has 214 valence electrons. The van der Waals surface area contributed by atoms with Gasteiger partial charge in [-0.05, 0) is 62.7 Å². The molecule has 2 heterocycles. The van der Waals surface area contributed by atoms with Crippen molar-refractivity contribution in [3.05, 3.63) is 82.1 Å². The number of nitrogens with one attached hydrogen (secondary N) is 1. The highest BCUT2D eigenvalue weighted by atomic mass is 32.2. The van der Waals surface area contributed by atoms with Gasteiger partial charge in [-0.2, -0.15) is 5.26 Å². The summed E-state index contributed by atoms with van der Waals surface area (Å²) >= 11 is 0. The second-order valence-corrected chi connectivity index (χ2v) is 12.9. The molecule has 0 amide bonds. The van der Waals surface area contributed by atoms with Gasteiger partial charge in [-0.25, -0.2) is 18.1 Å². The Morgan fingerprint density at radius 2 is 1.90 bits per heavy atom. The topological polar surface area (TPSA) is 131 Å². The number of hydrogen-bond acceptors (Lipinski definition) is 7. The molecular formula is C31H35N5O4S. The second kappa shape index (κ2) is 11.5. The first-order chi connectivity index (χ1) is 19.7. The number of carbonyl (C=O) groups excluding carboxylic acids is 1. The molecule has 9 nitrogen and oxygen atoms in total. The van der Waals surface area contributed by atoms with E-state index in [1.165, 1.54) is 0 Å². The van der Waals surface area contributed by atoms with Crippen LogP contribution >= 0.6 is 0 Å². The van der Waals surface area contributed by atoms with Crippen molar-refractivity contribution in [2.24, 2.45) is 0 Å². The minimum atomic E-state index is -4.24. The third-order valence-electron chi connectivity index (χ3n) is 8.12. The largest absolute Gasteiger partial charge is 0.337 e. The molecule has 0 spiro atoms. The third kappa shape index (κ3) is 5.26. The Hall–Kier alpha value is -3.97. The summed E-state index contributed by atoms with van der Waals surface area (Å²) in [5.74, 6) is 0.961. The third-order valence-corrected chi connectivity index (χ3v) is 10.1. The van der Waals surface area contributed by atoms with Gasteiger partial charge in [0.05, 0.1) is 23.9 Å². The number of sulfonamides is 1. The maximum Gasteiger partial charge on any atom is 0.246 e. The normalized spacial score (nSPS) is 19.1. The Kier molecular flexibility index (Phi) is 8.00. The van der Waals surface area contributed by atoms with Crippen LogP contribution in [-0.4, -0.2) is 33.7 Å². The summed E-state index contributed by atoms with van der Waals surface area (Å²) in [5.41, 5.74) is 4.68. The Morgan fingerprint density at radius 1 is 1.15 bits per heavy atom. The molecule has 0 saturated heterocycles. The van der Waals surface area contributed by atoms with Gasteiger partial charge in [0, 0.05) is 24.9 Å². The molecule has 2 aromatic heterocycles. The SMILES string of the molecule is CCCc1nc2c(n1CC1=CC=C(c3ccccc3)C(CC#N)(S(=O)(=O)Nc3onc(C)c3C)C1)C(=O)CCCC2. The van der Waals surface area contributed by atoms with E-state index in [0.717, 1.165) is 42.8 Å². The summed E-state index contributed by atoms with van der Waals surface area (Å²) in [4.78, 5) is 18.1. The maximum atomic E-state index is 14.4. The Bertz CT molecular complexity index is 1670. The van der Waals surface area contributed by atoms with Gasteiger partial charge in [0.25, 0.3) is 0 Å². The highest BCUT2D eigenvalue weighted by Gasteiger charge is 2.50. The highest BCUT2D eigenvalue weighted by Crippen LogP contribution is 2.46. The van der Waals surface area contributed by atoms with E-state index in [9.17, 15) is 18.5 Å². The molecule has 41 heavy (non-hydrogen) atoms. The number of carbonyl (C=O) groups is 1. The molecule has 2 aliphatic carbocycles. The van der Waals surface area contributed by atoms with Crippen LogP contribution in [0.15, 0.2) is 52.6 Å². The van der Waals surface area contributed by atoms with Crippen LogP contribution in [0.1, 0.15) is 84.3 Å². The number of Topliss-reactive ketones (excluding diaryl/α,β-unsaturated/α-hetero) is 1. The zero-order valence-electron chi connectivity index (χ0n) is 23.7. The van der Waals surface area contributed by atoms with Gasteiger partial charge in [-0.15, -0.1) is 0 Å². The number of ketones is 1. The number of benzene rings is 1. The summed E-state index contributed by atoms with van der Waals surface area (Å²) < 4.78 is 37.1. The van der Waals surface area contributed by atoms with Crippen molar-refractivity contribution in [2.45, 2.75) is 83.4 Å². The van der Waals surface area contributed by atoms with Crippen LogP contribution in [0.25, 0.3) is 5.57 Å². The second-order valence-electron chi connectivity index (χ2n) is 10.9. The minimum Gasteiger partial charge on any atom is -0.337 e. The molecule has 1 atom stereocenters. The Morgan fingerprint density at radius 3 is 2.59 bits per heavy atom. The van der Waals surface area contributed by atoms with Gasteiger partial charge in [-0.3, -0.25) is 4.79 Å². The van der Waals surface area contributed by atoms with Crippen molar-refractivity contribution in [2.75, 3.05) is 4.72 Å². The molecule has 1 aromatic carbocycles. The maximum absolute atomic E-state index is 14.4. The molecule has 1 N–H and O–H groups in total. The van der Waals surface area contributed by atoms with Gasteiger partial charge in [0.2, 0.25) is 15.9 Å². The van der Waals surface area contributed by atoms with E-state index in [2.05, 4.69) is 22.9 Å². The Balaban J connectivity index is 1.63. The predicted molar refractivity (Wildman–Crippen MR) is 157 cm³/mol. The molecule has 0 radical (unpaired) electrons. The molecule has 0 fully saturated rings. The van der Waals surface area contributed by atoms with Gasteiger partial charge >= 0.3 is 0 Å². The number of allylic oxidation sites excluding steroid dienone is 3. The monoisotopic (exact) mass is 573 g/mol.